The maximum absolute atomic E-state index is 12.9. The molecule has 2 heterocycles. The van der Waals surface area contributed by atoms with E-state index in [1.54, 1.807) is 36.7 Å². The lowest BCUT2D eigenvalue weighted by molar-refractivity contribution is -0.628. The molecular formula is C20H14N2O4S2. The molecule has 0 aliphatic heterocycles. The smallest absolute Gasteiger partial charge is 0.335 e. The third-order valence-corrected chi connectivity index (χ3v) is 8.91. The van der Waals surface area contributed by atoms with Crippen molar-refractivity contribution in [2.45, 2.75) is 0 Å². The van der Waals surface area contributed by atoms with E-state index < -0.39 is 0 Å². The van der Waals surface area contributed by atoms with Crippen LogP contribution in [0.4, 0.5) is 0 Å². The second-order valence-corrected chi connectivity index (χ2v) is 9.34. The van der Waals surface area contributed by atoms with Crippen LogP contribution < -0.4 is 9.68 Å². The molecule has 28 heavy (non-hydrogen) atoms. The van der Waals surface area contributed by atoms with E-state index in [-0.39, 0.29) is 58.3 Å². The highest BCUT2D eigenvalue weighted by Gasteiger charge is 3.14. The van der Waals surface area contributed by atoms with E-state index in [9.17, 15) is 9.59 Å². The maximum atomic E-state index is 12.9. The number of hydrogen-bond acceptors (Lipinski definition) is 6. The first-order chi connectivity index (χ1) is 13.6. The highest BCUT2D eigenvalue weighted by atomic mass is 32.1. The van der Waals surface area contributed by atoms with E-state index in [4.69, 9.17) is 34.1 Å². The van der Waals surface area contributed by atoms with Crippen LogP contribution >= 0.6 is 24.4 Å². The molecule has 8 rings (SSSR count). The largest absolute Gasteiger partial charge is 0.339 e. The minimum atomic E-state index is -0.379. The first kappa shape index (κ1) is 15.6. The van der Waals surface area contributed by atoms with Crippen LogP contribution in [-0.2, 0) is 9.59 Å². The van der Waals surface area contributed by atoms with E-state index in [2.05, 4.69) is 0 Å². The summed E-state index contributed by atoms with van der Waals surface area (Å²) >= 11 is 10.4. The molecule has 2 aromatic heterocycles. The highest BCUT2D eigenvalue weighted by molar-refractivity contribution is 7.71. The molecule has 0 saturated heterocycles. The van der Waals surface area contributed by atoms with Gasteiger partial charge in [-0.05, 0) is 59.8 Å². The van der Waals surface area contributed by atoms with Gasteiger partial charge >= 0.3 is 11.9 Å². The molecule has 0 spiro atoms. The highest BCUT2D eigenvalue weighted by Crippen LogP contribution is 3.10. The molecule has 0 unspecified atom stereocenters. The van der Waals surface area contributed by atoms with Gasteiger partial charge in [-0.2, -0.15) is 9.46 Å². The number of aromatic nitrogens is 2. The zero-order chi connectivity index (χ0) is 19.0. The summed E-state index contributed by atoms with van der Waals surface area (Å²) in [5.74, 6) is 1.17. The van der Waals surface area contributed by atoms with E-state index >= 15 is 0 Å². The summed E-state index contributed by atoms with van der Waals surface area (Å²) < 4.78 is 3.65. The molecule has 6 saturated carbocycles. The van der Waals surface area contributed by atoms with Crippen LogP contribution in [0.2, 0.25) is 0 Å². The van der Waals surface area contributed by atoms with Gasteiger partial charge in [-0.25, -0.2) is 9.59 Å². The average molecular weight is 410 g/mol. The van der Waals surface area contributed by atoms with E-state index in [1.807, 2.05) is 12.1 Å². The van der Waals surface area contributed by atoms with Gasteiger partial charge in [-0.3, -0.25) is 0 Å². The predicted octanol–water partition coefficient (Wildman–Crippen LogP) is 2.10. The molecule has 6 fully saturated rings. The monoisotopic (exact) mass is 410 g/mol. The molecule has 0 bridgehead atoms. The summed E-state index contributed by atoms with van der Waals surface area (Å²) in [5.41, 5.74) is -0.759. The molecule has 6 nitrogen and oxygen atoms in total. The van der Waals surface area contributed by atoms with Gasteiger partial charge in [-0.15, -0.1) is 0 Å². The second-order valence-electron chi connectivity index (χ2n) is 8.51. The number of rotatable bonds is 4. The molecular weight excluding hydrogens is 396 g/mol. The molecule has 6 aliphatic rings. The summed E-state index contributed by atoms with van der Waals surface area (Å²) in [6, 6.07) is 10.6. The number of carbonyl (C=O) groups is 2. The first-order valence-corrected chi connectivity index (χ1v) is 10.2. The van der Waals surface area contributed by atoms with Crippen molar-refractivity contribution in [3.63, 3.8) is 0 Å². The molecule has 0 atom stereocenters. The average Bonchev–Trinajstić information content (AvgIpc) is 2.71. The van der Waals surface area contributed by atoms with Crippen LogP contribution in [0.5, 0.6) is 0 Å². The van der Waals surface area contributed by atoms with Crippen molar-refractivity contribution in [2.24, 2.45) is 46.3 Å². The Hall–Kier alpha value is -2.32. The molecule has 140 valence electrons. The molecule has 2 aromatic rings. The zero-order valence-electron chi connectivity index (χ0n) is 14.4. The SMILES string of the molecule is O=C(On1ccccc1=S)C12C3C4C1C1C2C3C41C(=O)On1ccccc1=S. The van der Waals surface area contributed by atoms with Gasteiger partial charge in [0.15, 0.2) is 0 Å². The topological polar surface area (TPSA) is 62.5 Å². The van der Waals surface area contributed by atoms with Gasteiger partial charge in [0.2, 0.25) is 0 Å². The van der Waals surface area contributed by atoms with Crippen LogP contribution in [0.1, 0.15) is 0 Å². The van der Waals surface area contributed by atoms with Crippen LogP contribution in [0.25, 0.3) is 0 Å². The van der Waals surface area contributed by atoms with Gasteiger partial charge in [0, 0.05) is 12.4 Å². The number of pyridine rings is 2. The normalized spacial score (nSPS) is 43.9. The molecule has 0 radical (unpaired) electrons. The van der Waals surface area contributed by atoms with Gasteiger partial charge in [0.25, 0.3) is 0 Å². The van der Waals surface area contributed by atoms with Crippen molar-refractivity contribution in [1.29, 1.82) is 0 Å². The van der Waals surface area contributed by atoms with Gasteiger partial charge in [0.1, 0.15) is 9.28 Å². The van der Waals surface area contributed by atoms with Crippen LogP contribution in [0, 0.1) is 55.6 Å². The third kappa shape index (κ3) is 1.23. The summed E-state index contributed by atoms with van der Waals surface area (Å²) in [7, 11) is 0. The second kappa shape index (κ2) is 4.46. The molecule has 0 amide bonds. The lowest BCUT2D eigenvalue weighted by atomic mass is 8.92. The van der Waals surface area contributed by atoms with Crippen LogP contribution in [0.15, 0.2) is 48.8 Å². The lowest BCUT2D eigenvalue weighted by Gasteiger charge is -3.08. The Kier molecular flexibility index (Phi) is 2.48. The molecule has 0 aromatic carbocycles. The van der Waals surface area contributed by atoms with Gasteiger partial charge in [-0.1, -0.05) is 36.6 Å². The number of nitrogens with zero attached hydrogens (tertiary/aromatic N) is 2. The molecule has 6 aliphatic carbocycles. The minimum Gasteiger partial charge on any atom is -0.335 e. The van der Waals surface area contributed by atoms with Crippen molar-refractivity contribution in [1.82, 2.24) is 9.46 Å². The van der Waals surface area contributed by atoms with Crippen molar-refractivity contribution in [2.75, 3.05) is 0 Å². The number of hydrogen-bond donors (Lipinski definition) is 0. The standard InChI is InChI=1S/C20H14N2O4S2/c23-17(25-21-7-3-1-5-9(21)27)19-11-14-12(19)16-13(19)15(11)20(14,16)18(24)26-22-8-4-2-6-10(22)28/h1-8,11-16H. The fourth-order valence-corrected chi connectivity index (χ4v) is 8.01. The van der Waals surface area contributed by atoms with Gasteiger partial charge < -0.3 is 9.68 Å². The maximum Gasteiger partial charge on any atom is 0.339 e. The Labute approximate surface area is 169 Å². The van der Waals surface area contributed by atoms with E-state index in [0.717, 1.165) is 0 Å². The summed E-state index contributed by atoms with van der Waals surface area (Å²) in [6.45, 7) is 0. The Morgan fingerprint density at radius 3 is 1.39 bits per heavy atom. The first-order valence-electron chi connectivity index (χ1n) is 9.36. The third-order valence-electron chi connectivity index (χ3n) is 8.28. The Morgan fingerprint density at radius 1 is 0.714 bits per heavy atom. The van der Waals surface area contributed by atoms with Crippen molar-refractivity contribution < 1.29 is 19.3 Å². The molecule has 8 heteroatoms. The fourth-order valence-electron chi connectivity index (χ4n) is 7.66. The van der Waals surface area contributed by atoms with Crippen LogP contribution in [-0.4, -0.2) is 21.4 Å². The van der Waals surface area contributed by atoms with Crippen LogP contribution in [0.3, 0.4) is 0 Å². The summed E-state index contributed by atoms with van der Waals surface area (Å²) in [5, 5.41) is 0. The predicted molar refractivity (Wildman–Crippen MR) is 99.5 cm³/mol. The van der Waals surface area contributed by atoms with Gasteiger partial charge in [0.05, 0.1) is 10.8 Å². The lowest BCUT2D eigenvalue weighted by Crippen LogP contribution is -3.12. The van der Waals surface area contributed by atoms with Crippen molar-refractivity contribution >= 4 is 36.4 Å². The Balaban J connectivity index is 1.12. The van der Waals surface area contributed by atoms with E-state index in [1.165, 1.54) is 9.46 Å². The minimum absolute atomic E-state index is 0.189. The van der Waals surface area contributed by atoms with E-state index in [0.29, 0.717) is 9.28 Å². The summed E-state index contributed by atoms with van der Waals surface area (Å²) in [4.78, 5) is 37.1. The number of carbonyl (C=O) groups excluding carboxylic acids is 2. The quantitative estimate of drug-likeness (QED) is 0.720. The Morgan fingerprint density at radius 2 is 1.07 bits per heavy atom. The Bertz CT molecular complexity index is 1080. The zero-order valence-corrected chi connectivity index (χ0v) is 16.1. The molecule has 0 N–H and O–H groups in total. The fraction of sp³-hybridized carbons (Fsp3) is 0.400. The summed E-state index contributed by atoms with van der Waals surface area (Å²) in [6.07, 6.45) is 3.31. The van der Waals surface area contributed by atoms with Crippen molar-refractivity contribution in [3.8, 4) is 0 Å². The van der Waals surface area contributed by atoms with Crippen molar-refractivity contribution in [3.05, 3.63) is 58.1 Å².